The molecule has 1 aromatic heterocycles. The second-order valence-electron chi connectivity index (χ2n) is 14.0. The summed E-state index contributed by atoms with van der Waals surface area (Å²) in [5, 5.41) is 13.5. The number of benzene rings is 1. The fraction of sp³-hybridized carbons (Fsp3) is 0.600. The number of nitrogens with one attached hydrogen (secondary N) is 1. The molecule has 172 valence electrons. The number of carbonyl (C=O) groups excluding carboxylic acids is 1. The Morgan fingerprint density at radius 3 is 1.97 bits per heavy atom. The Morgan fingerprint density at radius 1 is 1.03 bits per heavy atom. The standard InChI is InChI=1S/C20H38B9N3O2/c1-16(2,34)10-6-7-12-13(8-10)32(11-4-3-5-11)15(30-12)31-14(33)9-17(18(21,22)23,19(24,25)26)20(27,28)29/h6-8,11,34H,3-5,9,21-29H2,1-2H3,(H,30,31,33). The van der Waals surface area contributed by atoms with Crippen LogP contribution in [0.3, 0.4) is 0 Å². The van der Waals surface area contributed by atoms with Gasteiger partial charge in [-0.05, 0) is 50.8 Å². The van der Waals surface area contributed by atoms with Crippen LogP contribution in [0.2, 0.25) is 15.3 Å². The van der Waals surface area contributed by atoms with Crippen molar-refractivity contribution in [2.45, 2.75) is 66.5 Å². The minimum atomic E-state index is -0.932. The van der Waals surface area contributed by atoms with Gasteiger partial charge in [-0.3, -0.25) is 10.1 Å². The number of amides is 1. The summed E-state index contributed by atoms with van der Waals surface area (Å²) in [6, 6.07) is 6.24. The van der Waals surface area contributed by atoms with E-state index < -0.39 is 5.60 Å². The molecule has 1 heterocycles. The van der Waals surface area contributed by atoms with Gasteiger partial charge in [-0.15, -0.1) is 15.3 Å². The zero-order valence-corrected chi connectivity index (χ0v) is 23.4. The second kappa shape index (κ2) is 8.67. The Balaban J connectivity index is 2.05. The maximum absolute atomic E-state index is 13.7. The molecule has 0 unspecified atom stereocenters. The lowest BCUT2D eigenvalue weighted by Crippen LogP contribution is -2.58. The van der Waals surface area contributed by atoms with E-state index in [2.05, 4.69) is 80.5 Å². The summed E-state index contributed by atoms with van der Waals surface area (Å²) in [7, 11) is 20.4. The van der Waals surface area contributed by atoms with E-state index in [0.717, 1.165) is 29.4 Å². The van der Waals surface area contributed by atoms with Gasteiger partial charge in [0.25, 0.3) is 0 Å². The zero-order chi connectivity index (χ0) is 25.9. The van der Waals surface area contributed by atoms with Crippen molar-refractivity contribution in [3.8, 4) is 0 Å². The molecule has 14 heteroatoms. The number of rotatable bonds is 8. The molecule has 1 fully saturated rings. The van der Waals surface area contributed by atoms with Crippen molar-refractivity contribution >= 4 is 93.5 Å². The van der Waals surface area contributed by atoms with Crippen molar-refractivity contribution in [1.29, 1.82) is 0 Å². The first-order valence-electron chi connectivity index (χ1n) is 12.8. The Bertz CT molecular complexity index is 1040. The minimum Gasteiger partial charge on any atom is -0.386 e. The maximum atomic E-state index is 13.7. The molecule has 0 atom stereocenters. The normalized spacial score (nSPS) is 16.3. The highest BCUT2D eigenvalue weighted by molar-refractivity contribution is 6.69. The molecule has 0 bridgehead atoms. The predicted molar refractivity (Wildman–Crippen MR) is 169 cm³/mol. The van der Waals surface area contributed by atoms with Crippen molar-refractivity contribution in [2.75, 3.05) is 5.32 Å². The van der Waals surface area contributed by atoms with Crippen LogP contribution in [0.25, 0.3) is 11.0 Å². The van der Waals surface area contributed by atoms with Gasteiger partial charge in [0, 0.05) is 12.5 Å². The number of aromatic nitrogens is 2. The van der Waals surface area contributed by atoms with Crippen molar-refractivity contribution in [2.24, 2.45) is 5.41 Å². The molecule has 0 radical (unpaired) electrons. The fourth-order valence-electron chi connectivity index (χ4n) is 7.16. The molecule has 34 heavy (non-hydrogen) atoms. The van der Waals surface area contributed by atoms with E-state index in [-0.39, 0.29) is 26.7 Å². The highest BCUT2D eigenvalue weighted by Gasteiger charge is 2.56. The van der Waals surface area contributed by atoms with Gasteiger partial charge in [0.15, 0.2) is 0 Å². The van der Waals surface area contributed by atoms with Gasteiger partial charge in [-0.1, -0.05) is 11.5 Å². The van der Waals surface area contributed by atoms with E-state index in [0.29, 0.717) is 18.4 Å². The van der Waals surface area contributed by atoms with Crippen LogP contribution in [0, 0.1) is 5.41 Å². The molecule has 2 N–H and O–H groups in total. The lowest BCUT2D eigenvalue weighted by Gasteiger charge is -2.63. The summed E-state index contributed by atoms with van der Waals surface area (Å²) >= 11 is 0. The van der Waals surface area contributed by atoms with Crippen LogP contribution in [0.15, 0.2) is 18.2 Å². The average molecular weight is 450 g/mol. The summed E-state index contributed by atoms with van der Waals surface area (Å²) in [6.07, 6.45) is 3.77. The van der Waals surface area contributed by atoms with E-state index in [9.17, 15) is 9.90 Å². The SMILES string of the molecule is BC(B)(B)C(CC(=O)Nc1nc2ccc(C(C)(C)O)cc2n1C1CCC1)(C(B)(B)B)C(B)(B)B. The number of fused-ring (bicyclic) bond motifs is 1. The summed E-state index contributed by atoms with van der Waals surface area (Å²) in [5.74, 6) is 0.640. The number of hydrogen-bond donors (Lipinski definition) is 2. The van der Waals surface area contributed by atoms with Crippen LogP contribution in [0.4, 0.5) is 5.95 Å². The number of nitrogens with zero attached hydrogens (tertiary/aromatic N) is 2. The van der Waals surface area contributed by atoms with Gasteiger partial charge in [0.05, 0.1) is 87.3 Å². The Labute approximate surface area is 213 Å². The Hall–Kier alpha value is -1.30. The smallest absolute Gasteiger partial charge is 0.227 e. The van der Waals surface area contributed by atoms with Crippen LogP contribution in [0.1, 0.15) is 51.1 Å². The largest absolute Gasteiger partial charge is 0.386 e. The molecule has 1 amide bonds. The van der Waals surface area contributed by atoms with Gasteiger partial charge < -0.3 is 9.67 Å². The molecule has 1 aliphatic carbocycles. The number of hydrogen-bond acceptors (Lipinski definition) is 3. The molecule has 0 aliphatic heterocycles. The third-order valence-electron chi connectivity index (χ3n) is 8.35. The van der Waals surface area contributed by atoms with Gasteiger partial charge in [-0.2, -0.15) is 0 Å². The first-order valence-corrected chi connectivity index (χ1v) is 12.8. The van der Waals surface area contributed by atoms with Crippen molar-refractivity contribution in [3.05, 3.63) is 23.8 Å². The second-order valence-corrected chi connectivity index (χ2v) is 14.0. The lowest BCUT2D eigenvalue weighted by atomic mass is 9.09. The van der Waals surface area contributed by atoms with E-state index in [4.69, 9.17) is 4.98 Å². The topological polar surface area (TPSA) is 67.2 Å². The Kier molecular flexibility index (Phi) is 6.96. The summed E-state index contributed by atoms with van der Waals surface area (Å²) < 4.78 is 2.19. The van der Waals surface area contributed by atoms with E-state index in [1.54, 1.807) is 13.8 Å². The van der Waals surface area contributed by atoms with Crippen LogP contribution in [-0.4, -0.2) is 91.2 Å². The van der Waals surface area contributed by atoms with Crippen molar-refractivity contribution in [1.82, 2.24) is 9.55 Å². The number of imidazole rings is 1. The molecule has 0 saturated heterocycles. The highest BCUT2D eigenvalue weighted by atomic mass is 16.3. The average Bonchev–Trinajstić information content (AvgIpc) is 2.91. The van der Waals surface area contributed by atoms with Gasteiger partial charge in [0.2, 0.25) is 11.9 Å². The Morgan fingerprint density at radius 2 is 1.56 bits per heavy atom. The third kappa shape index (κ3) is 4.73. The monoisotopic (exact) mass is 451 g/mol. The van der Waals surface area contributed by atoms with E-state index in [1.807, 2.05) is 18.2 Å². The van der Waals surface area contributed by atoms with Crippen LogP contribution >= 0.6 is 0 Å². The number of aliphatic hydroxyl groups is 1. The molecule has 0 spiro atoms. The van der Waals surface area contributed by atoms with Crippen LogP contribution < -0.4 is 5.32 Å². The molecular weight excluding hydrogens is 412 g/mol. The minimum absolute atomic E-state index is 0.0124. The summed E-state index contributed by atoms with van der Waals surface area (Å²) in [4.78, 5) is 18.6. The molecule has 1 saturated carbocycles. The van der Waals surface area contributed by atoms with Gasteiger partial charge in [-0.25, -0.2) is 4.98 Å². The quantitative estimate of drug-likeness (QED) is 0.398. The first-order chi connectivity index (χ1) is 15.3. The molecular formula is C20H38B9N3O2. The van der Waals surface area contributed by atoms with E-state index in [1.165, 1.54) is 6.42 Å². The number of anilines is 1. The molecule has 1 aliphatic rings. The molecule has 5 nitrogen and oxygen atoms in total. The number of carbonyl (C=O) groups is 1. The summed E-state index contributed by atoms with van der Waals surface area (Å²) in [6.45, 7) is 3.60. The molecule has 3 rings (SSSR count). The van der Waals surface area contributed by atoms with Crippen molar-refractivity contribution < 1.29 is 9.90 Å². The van der Waals surface area contributed by atoms with Gasteiger partial charge in [0.1, 0.15) is 0 Å². The van der Waals surface area contributed by atoms with E-state index >= 15 is 0 Å². The highest BCUT2D eigenvalue weighted by Crippen LogP contribution is 2.63. The molecule has 1 aromatic carbocycles. The van der Waals surface area contributed by atoms with Crippen molar-refractivity contribution in [3.63, 3.8) is 0 Å². The lowest BCUT2D eigenvalue weighted by molar-refractivity contribution is -0.118. The van der Waals surface area contributed by atoms with Crippen LogP contribution in [-0.2, 0) is 10.4 Å². The fourth-order valence-corrected chi connectivity index (χ4v) is 7.16. The first kappa shape index (κ1) is 27.3. The molecule has 2 aromatic rings. The third-order valence-corrected chi connectivity index (χ3v) is 8.35. The maximum Gasteiger partial charge on any atom is 0.227 e. The van der Waals surface area contributed by atoms with Gasteiger partial charge >= 0.3 is 0 Å². The zero-order valence-electron chi connectivity index (χ0n) is 23.4. The summed E-state index contributed by atoms with van der Waals surface area (Å²) in [5.41, 5.74) is 1.50. The van der Waals surface area contributed by atoms with Crippen LogP contribution in [0.5, 0.6) is 0 Å². The predicted octanol–water partition coefficient (Wildman–Crippen LogP) is -4.78.